The van der Waals surface area contributed by atoms with Gasteiger partial charge < -0.3 is 19.3 Å². The van der Waals surface area contributed by atoms with Gasteiger partial charge in [0.05, 0.1) is 25.9 Å². The zero-order valence-electron chi connectivity index (χ0n) is 17.6. The van der Waals surface area contributed by atoms with E-state index in [1.54, 1.807) is 49.4 Å². The largest absolute Gasteiger partial charge is 0.493 e. The van der Waals surface area contributed by atoms with Crippen molar-refractivity contribution < 1.29 is 23.6 Å². The lowest BCUT2D eigenvalue weighted by Gasteiger charge is -2.22. The molecule has 1 saturated heterocycles. The molecule has 3 amide bonds. The van der Waals surface area contributed by atoms with E-state index >= 15 is 0 Å². The third kappa shape index (κ3) is 3.50. The molecule has 0 spiro atoms. The van der Waals surface area contributed by atoms with Gasteiger partial charge >= 0.3 is 6.03 Å². The molecule has 1 fully saturated rings. The molecule has 1 unspecified atom stereocenters. The lowest BCUT2D eigenvalue weighted by atomic mass is 9.91. The number of methoxy groups -OCH3 is 2. The summed E-state index contributed by atoms with van der Waals surface area (Å²) in [4.78, 5) is 31.0. The van der Waals surface area contributed by atoms with Gasteiger partial charge in [-0.1, -0.05) is 17.3 Å². The molecule has 0 radical (unpaired) electrons. The molecule has 10 nitrogen and oxygen atoms in total. The Bertz CT molecular complexity index is 1250. The number of carbonyl (C=O) groups is 2. The third-order valence-corrected chi connectivity index (χ3v) is 5.25. The van der Waals surface area contributed by atoms with E-state index in [4.69, 9.17) is 19.3 Å². The minimum atomic E-state index is -1.31. The second-order valence-electron chi connectivity index (χ2n) is 7.22. The van der Waals surface area contributed by atoms with Gasteiger partial charge in [0.2, 0.25) is 11.7 Å². The van der Waals surface area contributed by atoms with Gasteiger partial charge in [0.25, 0.3) is 5.91 Å². The monoisotopic (exact) mass is 433 g/mol. The molecule has 10 heteroatoms. The summed E-state index contributed by atoms with van der Waals surface area (Å²) in [5.74, 6) is 0.939. The van der Waals surface area contributed by atoms with Crippen LogP contribution in [-0.4, -0.2) is 41.2 Å². The number of rotatable bonds is 6. The van der Waals surface area contributed by atoms with Crippen molar-refractivity contribution in [3.8, 4) is 29.0 Å². The van der Waals surface area contributed by atoms with E-state index in [2.05, 4.69) is 15.5 Å². The average molecular weight is 433 g/mol. The highest BCUT2D eigenvalue weighted by Gasteiger charge is 2.49. The maximum absolute atomic E-state index is 13.1. The van der Waals surface area contributed by atoms with Crippen LogP contribution < -0.4 is 14.8 Å². The van der Waals surface area contributed by atoms with Crippen LogP contribution in [0.15, 0.2) is 47.0 Å². The molecule has 1 aliphatic heterocycles. The topological polar surface area (TPSA) is 131 Å². The summed E-state index contributed by atoms with van der Waals surface area (Å²) in [6.45, 7) is 1.39. The normalized spacial score (nSPS) is 17.8. The number of nitrogens with one attached hydrogen (secondary N) is 1. The first kappa shape index (κ1) is 20.9. The van der Waals surface area contributed by atoms with Crippen LogP contribution in [0.25, 0.3) is 11.4 Å². The summed E-state index contributed by atoms with van der Waals surface area (Å²) in [6, 6.07) is 13.1. The van der Waals surface area contributed by atoms with Gasteiger partial charge in [-0.15, -0.1) is 0 Å². The predicted octanol–water partition coefficient (Wildman–Crippen LogP) is 2.59. The van der Waals surface area contributed by atoms with Gasteiger partial charge in [-0.05, 0) is 42.8 Å². The number of imide groups is 1. The van der Waals surface area contributed by atoms with Crippen LogP contribution in [0.5, 0.6) is 11.5 Å². The second kappa shape index (κ2) is 8.03. The van der Waals surface area contributed by atoms with Crippen molar-refractivity contribution in [1.82, 2.24) is 20.4 Å². The summed E-state index contributed by atoms with van der Waals surface area (Å²) >= 11 is 0. The number of nitrogens with zero attached hydrogens (tertiary/aromatic N) is 4. The highest BCUT2D eigenvalue weighted by atomic mass is 16.5. The van der Waals surface area contributed by atoms with Crippen LogP contribution in [0.3, 0.4) is 0 Å². The van der Waals surface area contributed by atoms with Gasteiger partial charge in [0.1, 0.15) is 12.1 Å². The Morgan fingerprint density at radius 3 is 2.66 bits per heavy atom. The van der Waals surface area contributed by atoms with Gasteiger partial charge in [-0.2, -0.15) is 10.2 Å². The standard InChI is InChI=1S/C22H19N5O5/c1-22(15-6-4-5-13(9-15)11-23)20(28)27(21(29)25-22)12-18-24-19(26-32-18)14-7-8-16(30-2)17(10-14)31-3/h4-10H,12H2,1-3H3,(H,25,29). The van der Waals surface area contributed by atoms with Gasteiger partial charge in [-0.25, -0.2) is 4.79 Å². The smallest absolute Gasteiger partial charge is 0.325 e. The summed E-state index contributed by atoms with van der Waals surface area (Å²) < 4.78 is 15.8. The summed E-state index contributed by atoms with van der Waals surface area (Å²) in [5.41, 5.74) is 0.207. The van der Waals surface area contributed by atoms with Gasteiger partial charge in [-0.3, -0.25) is 9.69 Å². The maximum Gasteiger partial charge on any atom is 0.325 e. The Morgan fingerprint density at radius 2 is 1.94 bits per heavy atom. The van der Waals surface area contributed by atoms with E-state index in [1.165, 1.54) is 14.2 Å². The summed E-state index contributed by atoms with van der Waals surface area (Å²) in [7, 11) is 3.05. The number of hydrogen-bond donors (Lipinski definition) is 1. The summed E-state index contributed by atoms with van der Waals surface area (Å²) in [5, 5.41) is 15.8. The minimum absolute atomic E-state index is 0.0910. The molecule has 0 bridgehead atoms. The van der Waals surface area contributed by atoms with Gasteiger partial charge in [0.15, 0.2) is 11.5 Å². The molecule has 162 valence electrons. The van der Waals surface area contributed by atoms with E-state index < -0.39 is 17.5 Å². The molecule has 1 aliphatic rings. The Labute approximate surface area is 183 Å². The number of urea groups is 1. The fourth-order valence-electron chi connectivity index (χ4n) is 3.48. The Balaban J connectivity index is 1.57. The SMILES string of the molecule is COc1ccc(-c2noc(CN3C(=O)NC(C)(c4cccc(C#N)c4)C3=O)n2)cc1OC. The van der Waals surface area contributed by atoms with Crippen LogP contribution in [0.4, 0.5) is 4.79 Å². The molecule has 1 N–H and O–H groups in total. The van der Waals surface area contributed by atoms with E-state index in [1.807, 2.05) is 6.07 Å². The van der Waals surface area contributed by atoms with Crippen LogP contribution in [0, 0.1) is 11.3 Å². The Hall–Kier alpha value is -4.39. The number of benzene rings is 2. The highest BCUT2D eigenvalue weighted by Crippen LogP contribution is 2.32. The molecule has 32 heavy (non-hydrogen) atoms. The van der Waals surface area contributed by atoms with Crippen molar-refractivity contribution in [3.63, 3.8) is 0 Å². The fourth-order valence-corrected chi connectivity index (χ4v) is 3.48. The zero-order valence-corrected chi connectivity index (χ0v) is 17.6. The molecular formula is C22H19N5O5. The van der Waals surface area contributed by atoms with Crippen molar-refractivity contribution in [2.45, 2.75) is 19.0 Å². The molecule has 0 aliphatic carbocycles. The quantitative estimate of drug-likeness (QED) is 0.587. The van der Waals surface area contributed by atoms with E-state index in [-0.39, 0.29) is 18.3 Å². The molecule has 0 saturated carbocycles. The Kier molecular flexibility index (Phi) is 5.24. The number of amides is 3. The lowest BCUT2D eigenvalue weighted by Crippen LogP contribution is -2.40. The molecule has 3 aromatic rings. The lowest BCUT2D eigenvalue weighted by molar-refractivity contribution is -0.131. The van der Waals surface area contributed by atoms with Crippen molar-refractivity contribution >= 4 is 11.9 Å². The minimum Gasteiger partial charge on any atom is -0.493 e. The van der Waals surface area contributed by atoms with Gasteiger partial charge in [0, 0.05) is 5.56 Å². The van der Waals surface area contributed by atoms with Crippen molar-refractivity contribution in [1.29, 1.82) is 5.26 Å². The van der Waals surface area contributed by atoms with Crippen LogP contribution >= 0.6 is 0 Å². The highest BCUT2D eigenvalue weighted by molar-refractivity contribution is 6.07. The first-order valence-electron chi connectivity index (χ1n) is 9.59. The number of ether oxygens (including phenoxy) is 2. The van der Waals surface area contributed by atoms with E-state index in [0.717, 1.165) is 4.90 Å². The maximum atomic E-state index is 13.1. The summed E-state index contributed by atoms with van der Waals surface area (Å²) in [6.07, 6.45) is 0. The van der Waals surface area contributed by atoms with E-state index in [9.17, 15) is 9.59 Å². The van der Waals surface area contributed by atoms with Crippen LogP contribution in [0.2, 0.25) is 0 Å². The van der Waals surface area contributed by atoms with Crippen molar-refractivity contribution in [2.75, 3.05) is 14.2 Å². The molecular weight excluding hydrogens is 414 g/mol. The second-order valence-corrected chi connectivity index (χ2v) is 7.22. The van der Waals surface area contributed by atoms with Crippen molar-refractivity contribution in [2.24, 2.45) is 0 Å². The molecule has 1 atom stereocenters. The predicted molar refractivity (Wildman–Crippen MR) is 110 cm³/mol. The number of carbonyl (C=O) groups excluding carboxylic acids is 2. The molecule has 4 rings (SSSR count). The van der Waals surface area contributed by atoms with Crippen LogP contribution in [-0.2, 0) is 16.9 Å². The first-order valence-corrected chi connectivity index (χ1v) is 9.59. The third-order valence-electron chi connectivity index (χ3n) is 5.25. The Morgan fingerprint density at radius 1 is 1.16 bits per heavy atom. The number of aromatic nitrogens is 2. The first-order chi connectivity index (χ1) is 15.4. The number of nitriles is 1. The number of hydrogen-bond acceptors (Lipinski definition) is 8. The molecule has 2 aromatic carbocycles. The van der Waals surface area contributed by atoms with E-state index in [0.29, 0.717) is 28.2 Å². The zero-order chi connectivity index (χ0) is 22.9. The van der Waals surface area contributed by atoms with Crippen molar-refractivity contribution in [3.05, 3.63) is 59.5 Å². The average Bonchev–Trinajstić information content (AvgIpc) is 3.37. The molecule has 2 heterocycles. The van der Waals surface area contributed by atoms with Crippen LogP contribution in [0.1, 0.15) is 23.9 Å². The molecule has 1 aromatic heterocycles. The fraction of sp³-hybridized carbons (Fsp3) is 0.227.